The van der Waals surface area contributed by atoms with E-state index in [1.807, 2.05) is 12.1 Å². The molecule has 1 aromatic heterocycles. The second-order valence-electron chi connectivity index (χ2n) is 4.78. The number of hydrogen-bond acceptors (Lipinski definition) is 1. The molecule has 0 aliphatic carbocycles. The van der Waals surface area contributed by atoms with Crippen molar-refractivity contribution < 1.29 is 4.42 Å². The van der Waals surface area contributed by atoms with Gasteiger partial charge in [-0.05, 0) is 29.0 Å². The molecule has 1 heterocycles. The van der Waals surface area contributed by atoms with Gasteiger partial charge in [-0.25, -0.2) is 0 Å². The summed E-state index contributed by atoms with van der Waals surface area (Å²) in [4.78, 5) is 0. The van der Waals surface area contributed by atoms with Crippen LogP contribution in [0.15, 0.2) is 53.3 Å². The van der Waals surface area contributed by atoms with Gasteiger partial charge in [-0.2, -0.15) is 0 Å². The van der Waals surface area contributed by atoms with E-state index in [1.54, 1.807) is 12.5 Å². The quantitative estimate of drug-likeness (QED) is 0.690. The van der Waals surface area contributed by atoms with Crippen molar-refractivity contribution in [2.24, 2.45) is 0 Å². The van der Waals surface area contributed by atoms with Crippen LogP contribution in [0.5, 0.6) is 0 Å². The van der Waals surface area contributed by atoms with Gasteiger partial charge in [0.05, 0.1) is 12.5 Å². The van der Waals surface area contributed by atoms with Crippen LogP contribution < -0.4 is 0 Å². The molecule has 0 spiro atoms. The lowest BCUT2D eigenvalue weighted by Crippen LogP contribution is -1.83. The molecule has 1 nitrogen and oxygen atoms in total. The molecule has 0 saturated heterocycles. The Bertz CT molecular complexity index is 385. The van der Waals surface area contributed by atoms with Gasteiger partial charge >= 0.3 is 0 Å². The van der Waals surface area contributed by atoms with Gasteiger partial charge in [0.15, 0.2) is 0 Å². The van der Waals surface area contributed by atoms with Gasteiger partial charge in [-0.3, -0.25) is 0 Å². The molecule has 0 saturated carbocycles. The van der Waals surface area contributed by atoms with Gasteiger partial charge in [-0.15, -0.1) is 0 Å². The zero-order chi connectivity index (χ0) is 12.7. The average molecular weight is 230 g/mol. The second kappa shape index (κ2) is 6.95. The summed E-state index contributed by atoms with van der Waals surface area (Å²) in [5.41, 5.74) is 2.68. The van der Waals surface area contributed by atoms with Gasteiger partial charge in [0, 0.05) is 0 Å². The Kier molecular flexibility index (Phi) is 5.55. The monoisotopic (exact) mass is 230 g/mol. The normalized spacial score (nSPS) is 10.2. The van der Waals surface area contributed by atoms with Crippen LogP contribution in [-0.2, 0) is 0 Å². The number of benzene rings is 1. The van der Waals surface area contributed by atoms with E-state index in [9.17, 15) is 0 Å². The van der Waals surface area contributed by atoms with E-state index >= 15 is 0 Å². The van der Waals surface area contributed by atoms with Crippen molar-refractivity contribution in [3.63, 3.8) is 0 Å². The van der Waals surface area contributed by atoms with Crippen LogP contribution in [0.1, 0.15) is 50.7 Å². The van der Waals surface area contributed by atoms with Crippen LogP contribution in [0.25, 0.3) is 0 Å². The maximum atomic E-state index is 4.88. The molecule has 0 radical (unpaired) electrons. The van der Waals surface area contributed by atoms with Crippen molar-refractivity contribution in [2.75, 3.05) is 0 Å². The van der Waals surface area contributed by atoms with Crippen LogP contribution in [0.4, 0.5) is 0 Å². The highest BCUT2D eigenvalue weighted by molar-refractivity contribution is 5.17. The molecule has 0 fully saturated rings. The summed E-state index contributed by atoms with van der Waals surface area (Å²) < 4.78 is 4.88. The SMILES string of the molecule is CC(C)c1ccccc1.CC(C)c1ccoc1. The Labute approximate surface area is 104 Å². The van der Waals surface area contributed by atoms with Gasteiger partial charge in [0.1, 0.15) is 0 Å². The Balaban J connectivity index is 0.000000171. The molecule has 0 amide bonds. The summed E-state index contributed by atoms with van der Waals surface area (Å²) in [7, 11) is 0. The minimum Gasteiger partial charge on any atom is -0.472 e. The van der Waals surface area contributed by atoms with E-state index in [4.69, 9.17) is 4.42 Å². The van der Waals surface area contributed by atoms with Crippen LogP contribution >= 0.6 is 0 Å². The smallest absolute Gasteiger partial charge is 0.0937 e. The molecule has 92 valence electrons. The van der Waals surface area contributed by atoms with Crippen LogP contribution in [0, 0.1) is 0 Å². The lowest BCUT2D eigenvalue weighted by Gasteiger charge is -2.01. The van der Waals surface area contributed by atoms with Gasteiger partial charge in [0.25, 0.3) is 0 Å². The molecule has 0 bridgehead atoms. The largest absolute Gasteiger partial charge is 0.472 e. The van der Waals surface area contributed by atoms with E-state index in [1.165, 1.54) is 11.1 Å². The van der Waals surface area contributed by atoms with E-state index in [0.29, 0.717) is 11.8 Å². The molecular weight excluding hydrogens is 208 g/mol. The fourth-order valence-electron chi connectivity index (χ4n) is 1.44. The Hall–Kier alpha value is -1.50. The summed E-state index contributed by atoms with van der Waals surface area (Å²) in [6.07, 6.45) is 3.49. The third-order valence-corrected chi connectivity index (χ3v) is 2.68. The molecule has 0 aliphatic heterocycles. The van der Waals surface area contributed by atoms with Crippen molar-refractivity contribution in [2.45, 2.75) is 39.5 Å². The van der Waals surface area contributed by atoms with E-state index in [-0.39, 0.29) is 0 Å². The molecule has 2 aromatic rings. The maximum absolute atomic E-state index is 4.88. The molecule has 0 N–H and O–H groups in total. The number of rotatable bonds is 2. The highest BCUT2D eigenvalue weighted by atomic mass is 16.3. The predicted octanol–water partition coefficient (Wildman–Crippen LogP) is 5.21. The van der Waals surface area contributed by atoms with Crippen LogP contribution in [0.3, 0.4) is 0 Å². The zero-order valence-corrected chi connectivity index (χ0v) is 11.2. The third kappa shape index (κ3) is 4.90. The summed E-state index contributed by atoms with van der Waals surface area (Å²) in [6.45, 7) is 8.69. The Morgan fingerprint density at radius 3 is 1.65 bits per heavy atom. The lowest BCUT2D eigenvalue weighted by atomic mass is 10.0. The highest BCUT2D eigenvalue weighted by Gasteiger charge is 1.96. The third-order valence-electron chi connectivity index (χ3n) is 2.68. The van der Waals surface area contributed by atoms with Crippen molar-refractivity contribution in [1.29, 1.82) is 0 Å². The molecule has 0 atom stereocenters. The van der Waals surface area contributed by atoms with Gasteiger partial charge in [-0.1, -0.05) is 58.0 Å². The first-order chi connectivity index (χ1) is 8.11. The first kappa shape index (κ1) is 13.6. The summed E-state index contributed by atoms with van der Waals surface area (Å²) in [6, 6.07) is 12.5. The van der Waals surface area contributed by atoms with Crippen molar-refractivity contribution in [1.82, 2.24) is 0 Å². The van der Waals surface area contributed by atoms with Crippen molar-refractivity contribution in [3.05, 3.63) is 60.1 Å². The summed E-state index contributed by atoms with van der Waals surface area (Å²) >= 11 is 0. The van der Waals surface area contributed by atoms with Crippen molar-refractivity contribution in [3.8, 4) is 0 Å². The maximum Gasteiger partial charge on any atom is 0.0937 e. The second-order valence-corrected chi connectivity index (χ2v) is 4.78. The van der Waals surface area contributed by atoms with Gasteiger partial charge < -0.3 is 4.42 Å². The Morgan fingerprint density at radius 1 is 0.765 bits per heavy atom. The molecular formula is C16H22O. The fourth-order valence-corrected chi connectivity index (χ4v) is 1.44. The lowest BCUT2D eigenvalue weighted by molar-refractivity contribution is 0.562. The number of hydrogen-bond donors (Lipinski definition) is 0. The van der Waals surface area contributed by atoms with E-state index in [2.05, 4.69) is 52.0 Å². The minimum absolute atomic E-state index is 0.591. The summed E-state index contributed by atoms with van der Waals surface area (Å²) in [5, 5.41) is 0. The zero-order valence-electron chi connectivity index (χ0n) is 11.2. The molecule has 1 heteroatoms. The Morgan fingerprint density at radius 2 is 1.35 bits per heavy atom. The molecule has 1 aromatic carbocycles. The first-order valence-electron chi connectivity index (χ1n) is 6.18. The topological polar surface area (TPSA) is 13.1 Å². The highest BCUT2D eigenvalue weighted by Crippen LogP contribution is 2.13. The minimum atomic E-state index is 0.591. The molecule has 0 unspecified atom stereocenters. The van der Waals surface area contributed by atoms with E-state index < -0.39 is 0 Å². The van der Waals surface area contributed by atoms with E-state index in [0.717, 1.165) is 0 Å². The molecule has 17 heavy (non-hydrogen) atoms. The predicted molar refractivity (Wildman–Crippen MR) is 73.3 cm³/mol. The van der Waals surface area contributed by atoms with Crippen LogP contribution in [0.2, 0.25) is 0 Å². The summed E-state index contributed by atoms with van der Waals surface area (Å²) in [5.74, 6) is 1.25. The fraction of sp³-hybridized carbons (Fsp3) is 0.375. The number of furan rings is 1. The van der Waals surface area contributed by atoms with Crippen molar-refractivity contribution >= 4 is 0 Å². The average Bonchev–Trinajstić information content (AvgIpc) is 2.84. The molecule has 0 aliphatic rings. The molecule has 2 rings (SSSR count). The van der Waals surface area contributed by atoms with Gasteiger partial charge in [0.2, 0.25) is 0 Å². The first-order valence-corrected chi connectivity index (χ1v) is 6.18. The van der Waals surface area contributed by atoms with Crippen LogP contribution in [-0.4, -0.2) is 0 Å². The standard InChI is InChI=1S/C9H12.C7H10O/c1-8(2)9-6-4-3-5-7-9;1-6(2)7-3-4-8-5-7/h3-8H,1-2H3;3-6H,1-2H3.